The number of ether oxygens (including phenoxy) is 5. The van der Waals surface area contributed by atoms with E-state index >= 15 is 0 Å². The Labute approximate surface area is 371 Å². The average molecular weight is 876 g/mol. The van der Waals surface area contributed by atoms with Crippen LogP contribution >= 0.6 is 11.6 Å². The zero-order valence-corrected chi connectivity index (χ0v) is 36.6. The lowest BCUT2D eigenvalue weighted by molar-refractivity contribution is -0.275. The highest BCUT2D eigenvalue weighted by Crippen LogP contribution is 2.42. The first-order valence-corrected chi connectivity index (χ1v) is 23.3. The van der Waals surface area contributed by atoms with Crippen molar-refractivity contribution in [3.63, 3.8) is 0 Å². The molecule has 6 aromatic carbocycles. The fourth-order valence-electron chi connectivity index (χ4n) is 7.89. The van der Waals surface area contributed by atoms with Crippen molar-refractivity contribution < 1.29 is 36.7 Å². The molecule has 1 aliphatic heterocycles. The zero-order chi connectivity index (χ0) is 43.2. The normalized spacial score (nSPS) is 19.0. The minimum atomic E-state index is -4.21. The first-order valence-electron chi connectivity index (χ1n) is 21.3. The Bertz CT molecular complexity index is 2370. The van der Waals surface area contributed by atoms with Gasteiger partial charge in [-0.1, -0.05) is 170 Å². The molecule has 1 fully saturated rings. The van der Waals surface area contributed by atoms with Gasteiger partial charge in [-0.25, -0.2) is 0 Å². The number of hydrogen-bond acceptors (Lipinski definition) is 7. The molecule has 0 bridgehead atoms. The van der Waals surface area contributed by atoms with Gasteiger partial charge in [-0.2, -0.15) is 8.42 Å². The molecule has 324 valence electrons. The molecule has 0 spiro atoms. The Morgan fingerprint density at radius 2 is 1.06 bits per heavy atom. The van der Waals surface area contributed by atoms with Gasteiger partial charge in [0.15, 0.2) is 0 Å². The topological polar surface area (TPSA) is 101 Å². The smallest absolute Gasteiger partial charge is 0.264 e. The van der Waals surface area contributed by atoms with Crippen LogP contribution in [0.1, 0.15) is 69.5 Å². The van der Waals surface area contributed by atoms with E-state index in [9.17, 15) is 13.0 Å². The maximum Gasteiger partial charge on any atom is 0.264 e. The van der Waals surface area contributed by atoms with Crippen molar-refractivity contribution in [1.82, 2.24) is 0 Å². The van der Waals surface area contributed by atoms with Crippen molar-refractivity contribution in [2.24, 2.45) is 0 Å². The maximum absolute atomic E-state index is 12.0. The van der Waals surface area contributed by atoms with Gasteiger partial charge in [0.1, 0.15) is 30.5 Å². The second kappa shape index (κ2) is 22.6. The summed E-state index contributed by atoms with van der Waals surface area (Å²) in [4.78, 5) is 0. The molecule has 1 N–H and O–H groups in total. The summed E-state index contributed by atoms with van der Waals surface area (Å²) in [6.07, 6.45) is -1.42. The van der Waals surface area contributed by atoms with E-state index < -0.39 is 46.4 Å². The molecule has 62 heavy (non-hydrogen) atoms. The Morgan fingerprint density at radius 1 is 0.581 bits per heavy atom. The number of aryl methyl sites for hydroxylation is 2. The fourth-order valence-corrected chi connectivity index (χ4v) is 8.65. The van der Waals surface area contributed by atoms with Crippen LogP contribution in [-0.4, -0.2) is 49.7 Å². The summed E-state index contributed by atoms with van der Waals surface area (Å²) in [6.45, 7) is 3.53. The number of rotatable bonds is 21. The summed E-state index contributed by atoms with van der Waals surface area (Å²) in [6, 6.07) is 52.5. The van der Waals surface area contributed by atoms with E-state index in [4.69, 9.17) is 35.3 Å². The molecule has 8 nitrogen and oxygen atoms in total. The molecule has 1 saturated heterocycles. The van der Waals surface area contributed by atoms with Gasteiger partial charge in [0.2, 0.25) is 0 Å². The summed E-state index contributed by atoms with van der Waals surface area (Å²) in [5.41, 5.74) is 8.80. The van der Waals surface area contributed by atoms with Crippen LogP contribution in [0.5, 0.6) is 0 Å². The van der Waals surface area contributed by atoms with Gasteiger partial charge in [0.05, 0.1) is 38.8 Å². The van der Waals surface area contributed by atoms with Crippen LogP contribution in [0.2, 0.25) is 5.02 Å². The summed E-state index contributed by atoms with van der Waals surface area (Å²) in [5.74, 6) is -0.400. The van der Waals surface area contributed by atoms with Gasteiger partial charge in [0, 0.05) is 5.02 Å². The van der Waals surface area contributed by atoms with Crippen LogP contribution in [-0.2, 0) is 79.5 Å². The molecule has 0 amide bonds. The highest BCUT2D eigenvalue weighted by molar-refractivity contribution is 7.85. The monoisotopic (exact) mass is 874 g/mol. The lowest BCUT2D eigenvalue weighted by atomic mass is 9.86. The fraction of sp³-hybridized carbons (Fsp3) is 0.308. The molecule has 0 radical (unpaired) electrons. The lowest BCUT2D eigenvalue weighted by Crippen LogP contribution is -2.58. The van der Waals surface area contributed by atoms with Gasteiger partial charge in [-0.15, -0.1) is 0 Å². The van der Waals surface area contributed by atoms with Crippen molar-refractivity contribution in [1.29, 1.82) is 0 Å². The van der Waals surface area contributed by atoms with Gasteiger partial charge in [-0.3, -0.25) is 4.55 Å². The molecule has 0 aromatic heterocycles. The standard InChI is InChI=1S/C52H55ClO8S/c1-2-38-25-27-39(28-26-38)30-45-31-46(44(32-47(45)53)24-15-29-62(54,55)56)49-51(59-35-42-20-11-5-12-21-42)52(60-36-43-22-13-6-14-23-43)50(58-34-41-18-9-4-10-19-41)48(61-49)37-57-33-40-16-7-3-8-17-40/h3-14,16-23,25-28,31-32,48-52H,2,15,24,29-30,33-37H2,1H3,(H,54,55,56)/t48-,49+,50-,51+,52+/m1/s1. The largest absolute Gasteiger partial charge is 0.374 e. The van der Waals surface area contributed by atoms with E-state index in [1.54, 1.807) is 0 Å². The van der Waals surface area contributed by atoms with E-state index in [1.807, 2.05) is 127 Å². The highest BCUT2D eigenvalue weighted by Gasteiger charge is 2.49. The third kappa shape index (κ3) is 13.2. The van der Waals surface area contributed by atoms with Crippen molar-refractivity contribution in [3.8, 4) is 0 Å². The summed E-state index contributed by atoms with van der Waals surface area (Å²) in [5, 5.41) is 0.552. The van der Waals surface area contributed by atoms with E-state index in [0.29, 0.717) is 31.1 Å². The molecular weight excluding hydrogens is 820 g/mol. The van der Waals surface area contributed by atoms with Crippen LogP contribution in [0.4, 0.5) is 0 Å². The number of hydrogen-bond donors (Lipinski definition) is 1. The van der Waals surface area contributed by atoms with Gasteiger partial charge >= 0.3 is 0 Å². The number of benzene rings is 6. The highest BCUT2D eigenvalue weighted by atomic mass is 35.5. The third-order valence-electron chi connectivity index (χ3n) is 11.2. The molecule has 5 atom stereocenters. The van der Waals surface area contributed by atoms with Crippen LogP contribution in [0.3, 0.4) is 0 Å². The Balaban J connectivity index is 1.33. The maximum atomic E-state index is 12.0. The second-order valence-corrected chi connectivity index (χ2v) is 17.7. The van der Waals surface area contributed by atoms with Crippen molar-refractivity contribution in [2.75, 3.05) is 12.4 Å². The molecule has 0 saturated carbocycles. The summed E-state index contributed by atoms with van der Waals surface area (Å²) >= 11 is 7.12. The molecule has 1 heterocycles. The zero-order valence-electron chi connectivity index (χ0n) is 35.1. The van der Waals surface area contributed by atoms with E-state index in [0.717, 1.165) is 50.9 Å². The van der Waals surface area contributed by atoms with Gasteiger partial charge < -0.3 is 23.7 Å². The van der Waals surface area contributed by atoms with Crippen molar-refractivity contribution in [2.45, 2.75) is 89.6 Å². The summed E-state index contributed by atoms with van der Waals surface area (Å²) in [7, 11) is -4.21. The first-order chi connectivity index (χ1) is 30.2. The Kier molecular flexibility index (Phi) is 16.5. The minimum Gasteiger partial charge on any atom is -0.374 e. The van der Waals surface area contributed by atoms with Gasteiger partial charge in [0.25, 0.3) is 10.1 Å². The summed E-state index contributed by atoms with van der Waals surface area (Å²) < 4.78 is 68.4. The second-order valence-electron chi connectivity index (χ2n) is 15.8. The number of halogens is 1. The van der Waals surface area contributed by atoms with Crippen molar-refractivity contribution in [3.05, 3.63) is 213 Å². The quantitative estimate of drug-likeness (QED) is 0.0714. The third-order valence-corrected chi connectivity index (χ3v) is 12.3. The minimum absolute atomic E-state index is 0.169. The molecule has 6 aromatic rings. The molecule has 10 heteroatoms. The molecule has 0 aliphatic carbocycles. The van der Waals surface area contributed by atoms with Gasteiger partial charge in [-0.05, 0) is 81.8 Å². The predicted octanol–water partition coefficient (Wildman–Crippen LogP) is 10.7. The predicted molar refractivity (Wildman–Crippen MR) is 244 cm³/mol. The Hall–Kier alpha value is -4.68. The van der Waals surface area contributed by atoms with Crippen LogP contribution < -0.4 is 0 Å². The molecule has 7 rings (SSSR count). The lowest BCUT2D eigenvalue weighted by Gasteiger charge is -2.47. The van der Waals surface area contributed by atoms with E-state index in [1.165, 1.54) is 5.56 Å². The molecule has 1 aliphatic rings. The van der Waals surface area contributed by atoms with Crippen LogP contribution in [0, 0.1) is 0 Å². The Morgan fingerprint density at radius 3 is 1.58 bits per heavy atom. The first kappa shape index (κ1) is 45.3. The van der Waals surface area contributed by atoms with E-state index in [-0.39, 0.29) is 26.2 Å². The SMILES string of the molecule is CCc1ccc(Cc2cc([C@@H]3O[C@H](COCc4ccccc4)[C@@H](OCc4ccccc4)[C@H](OCc4ccccc4)[C@H]3OCc3ccccc3)c(CCCS(=O)(=O)O)cc2Cl)cc1. The molecule has 0 unspecified atom stereocenters. The average Bonchev–Trinajstić information content (AvgIpc) is 3.29. The van der Waals surface area contributed by atoms with Crippen LogP contribution in [0.25, 0.3) is 0 Å². The van der Waals surface area contributed by atoms with E-state index in [2.05, 4.69) is 37.3 Å². The van der Waals surface area contributed by atoms with Crippen molar-refractivity contribution >= 4 is 21.7 Å². The van der Waals surface area contributed by atoms with Crippen LogP contribution in [0.15, 0.2) is 158 Å². The molecular formula is C52H55ClO8S.